The molecule has 7 rings (SSSR count). The largest absolute Gasteiger partial charge is 0.393 e. The zero-order chi connectivity index (χ0) is 24.8. The van der Waals surface area contributed by atoms with E-state index in [1.54, 1.807) is 5.57 Å². The summed E-state index contributed by atoms with van der Waals surface area (Å²) in [7, 11) is 2.04. The normalized spacial score (nSPS) is 34.9. The molecule has 0 aromatic heterocycles. The van der Waals surface area contributed by atoms with Crippen LogP contribution in [0.2, 0.25) is 0 Å². The Bertz CT molecular complexity index is 1430. The average molecular weight is 482 g/mol. The maximum Gasteiger partial charge on any atom is 0.282 e. The standard InChI is InChI=1S/C31H35N3O2/c1-30-14-13-24-21(23(30)11-12-26(30)35)10-9-20-16-25-19(17-31(20,24)2)15-22-28(34(25)3)32-27(33-29(22)36)18-7-5-4-6-8-18/h4-8,15-16,21,23-24,26,35H,9-14,17H2,1-3H3/t21?,23?,24?,26-,30-,31-/m0/s1. The van der Waals surface area contributed by atoms with Crippen LogP contribution in [0.3, 0.4) is 0 Å². The molecule has 6 atom stereocenters. The van der Waals surface area contributed by atoms with Crippen molar-refractivity contribution in [2.45, 2.75) is 64.9 Å². The second kappa shape index (κ2) is 7.61. The Morgan fingerprint density at radius 1 is 1.03 bits per heavy atom. The molecule has 186 valence electrons. The van der Waals surface area contributed by atoms with Crippen LogP contribution in [0.5, 0.6) is 0 Å². The van der Waals surface area contributed by atoms with E-state index >= 15 is 0 Å². The third-order valence-corrected chi connectivity index (χ3v) is 10.8. The Kier molecular flexibility index (Phi) is 4.74. The number of hydrogen-bond donors (Lipinski definition) is 1. The van der Waals surface area contributed by atoms with Gasteiger partial charge in [0, 0.05) is 18.3 Å². The summed E-state index contributed by atoms with van der Waals surface area (Å²) in [5.41, 5.74) is 5.46. The van der Waals surface area contributed by atoms with Gasteiger partial charge < -0.3 is 9.67 Å². The highest BCUT2D eigenvalue weighted by Gasteiger charge is 2.58. The molecule has 2 aliphatic heterocycles. The number of fused-ring (bicyclic) bond motifs is 7. The SMILES string of the molecule is Cn1c2nc(-c3ccccc3)nc(=O)c-2cc2c1C=C1CCC3C(CC[C@@]4(C)C3CC[C@@H]4O)[C@@]1(C)C2. The maximum absolute atomic E-state index is 13.2. The molecule has 5 heteroatoms. The molecule has 36 heavy (non-hydrogen) atoms. The number of rotatable bonds is 1. The molecule has 0 amide bonds. The maximum atomic E-state index is 13.2. The molecule has 3 saturated carbocycles. The van der Waals surface area contributed by atoms with Gasteiger partial charge in [-0.2, -0.15) is 4.98 Å². The van der Waals surface area contributed by atoms with Gasteiger partial charge in [0.1, 0.15) is 5.82 Å². The van der Waals surface area contributed by atoms with Crippen LogP contribution in [0.4, 0.5) is 0 Å². The lowest BCUT2D eigenvalue weighted by Crippen LogP contribution is -2.51. The summed E-state index contributed by atoms with van der Waals surface area (Å²) in [6, 6.07) is 11.8. The molecule has 1 aromatic carbocycles. The van der Waals surface area contributed by atoms with Crippen LogP contribution >= 0.6 is 0 Å². The van der Waals surface area contributed by atoms with E-state index in [0.29, 0.717) is 35.0 Å². The zero-order valence-electron chi connectivity index (χ0n) is 21.5. The van der Waals surface area contributed by atoms with Gasteiger partial charge >= 0.3 is 0 Å². The zero-order valence-corrected chi connectivity index (χ0v) is 21.5. The van der Waals surface area contributed by atoms with Gasteiger partial charge in [0.25, 0.3) is 5.56 Å². The van der Waals surface area contributed by atoms with Crippen molar-refractivity contribution < 1.29 is 5.11 Å². The predicted octanol–water partition coefficient (Wildman–Crippen LogP) is 5.49. The Balaban J connectivity index is 1.32. The Labute approximate surface area is 212 Å². The molecular weight excluding hydrogens is 446 g/mol. The smallest absolute Gasteiger partial charge is 0.282 e. The number of nitrogens with zero attached hydrogens (tertiary/aromatic N) is 3. The molecule has 6 aliphatic rings. The molecule has 2 heterocycles. The number of benzene rings is 1. The summed E-state index contributed by atoms with van der Waals surface area (Å²) < 4.78 is 2.12. The minimum Gasteiger partial charge on any atom is -0.393 e. The number of aliphatic hydroxyl groups excluding tert-OH is 1. The van der Waals surface area contributed by atoms with Gasteiger partial charge in [0.15, 0.2) is 5.82 Å². The van der Waals surface area contributed by atoms with Crippen molar-refractivity contribution >= 4 is 6.08 Å². The number of aliphatic hydroxyl groups is 1. The third-order valence-electron chi connectivity index (χ3n) is 10.8. The summed E-state index contributed by atoms with van der Waals surface area (Å²) in [6.45, 7) is 4.82. The van der Waals surface area contributed by atoms with Crippen LogP contribution < -0.4 is 5.56 Å². The Hall–Kier alpha value is -2.79. The summed E-state index contributed by atoms with van der Waals surface area (Å²) in [6.07, 6.45) is 10.1. The first kappa shape index (κ1) is 22.4. The second-order valence-corrected chi connectivity index (χ2v) is 12.4. The van der Waals surface area contributed by atoms with E-state index < -0.39 is 0 Å². The lowest BCUT2D eigenvalue weighted by molar-refractivity contribution is -0.0704. The van der Waals surface area contributed by atoms with Crippen molar-refractivity contribution in [3.05, 3.63) is 63.6 Å². The van der Waals surface area contributed by atoms with Gasteiger partial charge in [-0.25, -0.2) is 4.98 Å². The topological polar surface area (TPSA) is 68.0 Å². The van der Waals surface area contributed by atoms with Gasteiger partial charge in [0.05, 0.1) is 11.7 Å². The van der Waals surface area contributed by atoms with E-state index in [-0.39, 0.29) is 22.5 Å². The highest BCUT2D eigenvalue weighted by atomic mass is 16.3. The first-order valence-corrected chi connectivity index (χ1v) is 13.6. The number of pyridine rings is 1. The van der Waals surface area contributed by atoms with E-state index in [1.807, 2.05) is 37.4 Å². The van der Waals surface area contributed by atoms with Crippen LogP contribution in [0.25, 0.3) is 28.9 Å². The molecular formula is C31H35N3O2. The van der Waals surface area contributed by atoms with E-state index in [4.69, 9.17) is 4.98 Å². The number of aromatic nitrogens is 3. The van der Waals surface area contributed by atoms with Crippen molar-refractivity contribution in [2.75, 3.05) is 0 Å². The average Bonchev–Trinajstić information content (AvgIpc) is 3.18. The minimum absolute atomic E-state index is 0.0964. The van der Waals surface area contributed by atoms with E-state index in [1.165, 1.54) is 30.5 Å². The molecule has 1 N–H and O–H groups in total. The molecule has 0 radical (unpaired) electrons. The summed E-state index contributed by atoms with van der Waals surface area (Å²) >= 11 is 0. The highest BCUT2D eigenvalue weighted by molar-refractivity contribution is 5.69. The van der Waals surface area contributed by atoms with Gasteiger partial charge in [-0.1, -0.05) is 49.8 Å². The molecule has 0 saturated heterocycles. The van der Waals surface area contributed by atoms with Crippen molar-refractivity contribution in [2.24, 2.45) is 35.6 Å². The van der Waals surface area contributed by atoms with Crippen LogP contribution in [-0.4, -0.2) is 25.7 Å². The van der Waals surface area contributed by atoms with Crippen LogP contribution in [0, 0.1) is 28.6 Å². The lowest BCUT2D eigenvalue weighted by Gasteiger charge is -2.58. The Morgan fingerprint density at radius 2 is 1.83 bits per heavy atom. The molecule has 0 spiro atoms. The van der Waals surface area contributed by atoms with Crippen LogP contribution in [-0.2, 0) is 13.5 Å². The summed E-state index contributed by atoms with van der Waals surface area (Å²) in [5, 5.41) is 10.8. The quantitative estimate of drug-likeness (QED) is 0.499. The first-order chi connectivity index (χ1) is 17.3. The van der Waals surface area contributed by atoms with Gasteiger partial charge in [-0.15, -0.1) is 0 Å². The molecule has 4 aliphatic carbocycles. The number of hydrogen-bond acceptors (Lipinski definition) is 4. The number of allylic oxidation sites excluding steroid dienone is 1. The highest BCUT2D eigenvalue weighted by Crippen LogP contribution is 2.65. The fraction of sp³-hybridized carbons (Fsp3) is 0.516. The van der Waals surface area contributed by atoms with Gasteiger partial charge in [-0.3, -0.25) is 4.79 Å². The first-order valence-electron chi connectivity index (χ1n) is 13.6. The second-order valence-electron chi connectivity index (χ2n) is 12.4. The van der Waals surface area contributed by atoms with E-state index in [0.717, 1.165) is 31.2 Å². The summed E-state index contributed by atoms with van der Waals surface area (Å²) in [5.74, 6) is 3.15. The molecule has 1 aromatic rings. The molecule has 5 nitrogen and oxygen atoms in total. The molecule has 0 bridgehead atoms. The van der Waals surface area contributed by atoms with Crippen molar-refractivity contribution in [3.63, 3.8) is 0 Å². The fourth-order valence-electron chi connectivity index (χ4n) is 8.79. The minimum atomic E-state index is -0.202. The predicted molar refractivity (Wildman–Crippen MR) is 141 cm³/mol. The van der Waals surface area contributed by atoms with Crippen LogP contribution in [0.1, 0.15) is 63.6 Å². The Morgan fingerprint density at radius 3 is 2.64 bits per heavy atom. The molecule has 3 fully saturated rings. The van der Waals surface area contributed by atoms with E-state index in [2.05, 4.69) is 35.5 Å². The third kappa shape index (κ3) is 2.95. The van der Waals surface area contributed by atoms with Crippen molar-refractivity contribution in [1.29, 1.82) is 0 Å². The monoisotopic (exact) mass is 481 g/mol. The summed E-state index contributed by atoms with van der Waals surface area (Å²) in [4.78, 5) is 22.4. The fourth-order valence-corrected chi connectivity index (χ4v) is 8.79. The molecule has 3 unspecified atom stereocenters. The van der Waals surface area contributed by atoms with E-state index in [9.17, 15) is 9.90 Å². The lowest BCUT2D eigenvalue weighted by atomic mass is 9.47. The van der Waals surface area contributed by atoms with Gasteiger partial charge in [-0.05, 0) is 91.2 Å². The van der Waals surface area contributed by atoms with Crippen molar-refractivity contribution in [3.8, 4) is 22.8 Å². The van der Waals surface area contributed by atoms with Gasteiger partial charge in [0.2, 0.25) is 0 Å². The van der Waals surface area contributed by atoms with Crippen LogP contribution in [0.15, 0.2) is 46.8 Å². The van der Waals surface area contributed by atoms with Crippen molar-refractivity contribution in [1.82, 2.24) is 14.5 Å².